The second kappa shape index (κ2) is 4.65. The highest BCUT2D eigenvalue weighted by Gasteiger charge is 2.43. The normalized spacial score (nSPS) is 32.9. The van der Waals surface area contributed by atoms with E-state index in [0.29, 0.717) is 0 Å². The predicted molar refractivity (Wildman–Crippen MR) is 62.4 cm³/mol. The number of nitrogen functional groups attached to an aromatic ring is 1. The van der Waals surface area contributed by atoms with Gasteiger partial charge in [0, 0.05) is 6.20 Å². The molecule has 1 saturated heterocycles. The van der Waals surface area contributed by atoms with Crippen molar-refractivity contribution in [2.24, 2.45) is 0 Å². The number of anilines is 1. The highest BCUT2D eigenvalue weighted by molar-refractivity contribution is 8.00. The zero-order valence-electron chi connectivity index (χ0n) is 8.80. The van der Waals surface area contributed by atoms with E-state index in [9.17, 15) is 15.0 Å². The van der Waals surface area contributed by atoms with Gasteiger partial charge in [0.1, 0.15) is 17.3 Å². The number of aromatic nitrogens is 2. The third-order valence-electron chi connectivity index (χ3n) is 2.64. The van der Waals surface area contributed by atoms with Crippen molar-refractivity contribution in [1.82, 2.24) is 9.55 Å². The Hall–Kier alpha value is -1.09. The van der Waals surface area contributed by atoms with E-state index in [1.807, 2.05) is 0 Å². The molecule has 7 nitrogen and oxygen atoms in total. The minimum absolute atomic E-state index is 0.1000. The van der Waals surface area contributed by atoms with E-state index in [2.05, 4.69) is 4.98 Å². The maximum Gasteiger partial charge on any atom is 0.350 e. The van der Waals surface area contributed by atoms with Crippen molar-refractivity contribution >= 4 is 17.6 Å². The molecule has 2 heterocycles. The lowest BCUT2D eigenvalue weighted by Gasteiger charge is -2.17. The Morgan fingerprint density at radius 2 is 2.18 bits per heavy atom. The Labute approximate surface area is 101 Å². The van der Waals surface area contributed by atoms with Gasteiger partial charge < -0.3 is 21.1 Å². The van der Waals surface area contributed by atoms with Crippen molar-refractivity contribution in [2.45, 2.75) is 22.8 Å². The summed E-state index contributed by atoms with van der Waals surface area (Å²) < 4.78 is 1.20. The molecular weight excluding hydrogens is 246 g/mol. The Morgan fingerprint density at radius 3 is 2.71 bits per heavy atom. The number of nitrogens with two attached hydrogens (primary N) is 1. The van der Waals surface area contributed by atoms with Gasteiger partial charge in [-0.05, 0) is 6.07 Å². The number of hydrogen-bond acceptors (Lipinski definition) is 7. The van der Waals surface area contributed by atoms with Crippen LogP contribution in [-0.4, -0.2) is 48.9 Å². The molecule has 0 radical (unpaired) electrons. The van der Waals surface area contributed by atoms with E-state index in [0.717, 1.165) is 11.8 Å². The molecule has 1 fully saturated rings. The van der Waals surface area contributed by atoms with Crippen molar-refractivity contribution in [2.75, 3.05) is 12.3 Å². The minimum atomic E-state index is -1.12. The van der Waals surface area contributed by atoms with Crippen LogP contribution in [0.2, 0.25) is 0 Å². The fourth-order valence-corrected chi connectivity index (χ4v) is 3.11. The van der Waals surface area contributed by atoms with Crippen LogP contribution in [0.15, 0.2) is 17.1 Å². The Morgan fingerprint density at radius 1 is 1.47 bits per heavy atom. The number of aliphatic hydroxyl groups is 3. The summed E-state index contributed by atoms with van der Waals surface area (Å²) in [5.74, 6) is 0.1000. The highest BCUT2D eigenvalue weighted by atomic mass is 32.2. The van der Waals surface area contributed by atoms with E-state index < -0.39 is 28.5 Å². The number of rotatable bonds is 2. The van der Waals surface area contributed by atoms with E-state index in [4.69, 9.17) is 10.8 Å². The number of nitrogens with zero attached hydrogens (tertiary/aromatic N) is 2. The SMILES string of the molecule is Nc1ccn([C@@H]2SC(CO)[C@@H](O)[C@@H]2O)c(=O)n1. The van der Waals surface area contributed by atoms with Crippen molar-refractivity contribution in [1.29, 1.82) is 0 Å². The van der Waals surface area contributed by atoms with Crippen LogP contribution in [0.25, 0.3) is 0 Å². The van der Waals surface area contributed by atoms with Crippen LogP contribution >= 0.6 is 11.8 Å². The molecule has 1 aliphatic heterocycles. The van der Waals surface area contributed by atoms with Gasteiger partial charge in [0.05, 0.1) is 18.0 Å². The summed E-state index contributed by atoms with van der Waals surface area (Å²) in [4.78, 5) is 15.1. The van der Waals surface area contributed by atoms with Gasteiger partial charge in [0.25, 0.3) is 0 Å². The fraction of sp³-hybridized carbons (Fsp3) is 0.556. The number of thioether (sulfide) groups is 1. The number of hydrogen-bond donors (Lipinski definition) is 4. The molecule has 1 unspecified atom stereocenters. The second-order valence-electron chi connectivity index (χ2n) is 3.77. The van der Waals surface area contributed by atoms with Gasteiger partial charge in [0.15, 0.2) is 0 Å². The standard InChI is InChI=1S/C9H13N3O4S/c10-5-1-2-12(9(16)11-5)8-7(15)6(14)4(3-13)17-8/h1-2,4,6-8,13-15H,3H2,(H2,10,11,16)/t4?,6-,7+,8-/m1/s1. The molecule has 0 aromatic carbocycles. The Kier molecular flexibility index (Phi) is 3.38. The minimum Gasteiger partial charge on any atom is -0.395 e. The van der Waals surface area contributed by atoms with Gasteiger partial charge in [-0.25, -0.2) is 4.79 Å². The zero-order chi connectivity index (χ0) is 12.6. The summed E-state index contributed by atoms with van der Waals surface area (Å²) in [6.45, 7) is -0.267. The van der Waals surface area contributed by atoms with Crippen LogP contribution in [0, 0.1) is 0 Å². The average Bonchev–Trinajstić information content (AvgIpc) is 2.57. The summed E-state index contributed by atoms with van der Waals surface area (Å²) in [5.41, 5.74) is 4.77. The van der Waals surface area contributed by atoms with Gasteiger partial charge in [-0.15, -0.1) is 11.8 Å². The third-order valence-corrected chi connectivity index (χ3v) is 4.21. The smallest absolute Gasteiger partial charge is 0.350 e. The molecule has 0 amide bonds. The molecule has 5 N–H and O–H groups in total. The largest absolute Gasteiger partial charge is 0.395 e. The van der Waals surface area contributed by atoms with Crippen LogP contribution in [0.5, 0.6) is 0 Å². The first-order chi connectivity index (χ1) is 8.04. The van der Waals surface area contributed by atoms with E-state index in [1.165, 1.54) is 16.8 Å². The monoisotopic (exact) mass is 259 g/mol. The molecule has 0 aliphatic carbocycles. The first-order valence-corrected chi connectivity index (χ1v) is 5.96. The summed E-state index contributed by atoms with van der Waals surface area (Å²) >= 11 is 1.13. The number of aliphatic hydroxyl groups excluding tert-OH is 3. The van der Waals surface area contributed by atoms with Crippen molar-refractivity contribution in [3.63, 3.8) is 0 Å². The first-order valence-electron chi connectivity index (χ1n) is 5.01. The molecular formula is C9H13N3O4S. The van der Waals surface area contributed by atoms with Gasteiger partial charge >= 0.3 is 5.69 Å². The Balaban J connectivity index is 2.32. The summed E-state index contributed by atoms with van der Waals surface area (Å²) in [5, 5.41) is 27.3. The molecule has 17 heavy (non-hydrogen) atoms. The van der Waals surface area contributed by atoms with Gasteiger partial charge in [-0.2, -0.15) is 4.98 Å². The van der Waals surface area contributed by atoms with Crippen molar-refractivity contribution in [3.05, 3.63) is 22.7 Å². The quantitative estimate of drug-likeness (QED) is 0.492. The van der Waals surface area contributed by atoms with Crippen LogP contribution in [0.1, 0.15) is 5.37 Å². The van der Waals surface area contributed by atoms with Gasteiger partial charge in [-0.3, -0.25) is 4.57 Å². The maximum atomic E-state index is 11.6. The van der Waals surface area contributed by atoms with Gasteiger partial charge in [-0.1, -0.05) is 0 Å². The molecule has 2 rings (SSSR count). The molecule has 0 saturated carbocycles. The highest BCUT2D eigenvalue weighted by Crippen LogP contribution is 2.40. The summed E-state index contributed by atoms with van der Waals surface area (Å²) in [6, 6.07) is 1.44. The second-order valence-corrected chi connectivity index (χ2v) is 5.13. The van der Waals surface area contributed by atoms with Gasteiger partial charge in [0.2, 0.25) is 0 Å². The lowest BCUT2D eigenvalue weighted by molar-refractivity contribution is 0.0101. The van der Waals surface area contributed by atoms with E-state index >= 15 is 0 Å². The molecule has 1 aromatic heterocycles. The molecule has 4 atom stereocenters. The van der Waals surface area contributed by atoms with Crippen molar-refractivity contribution < 1.29 is 15.3 Å². The Bertz CT molecular complexity index is 466. The molecule has 0 spiro atoms. The van der Waals surface area contributed by atoms with E-state index in [1.54, 1.807) is 0 Å². The molecule has 1 aliphatic rings. The lowest BCUT2D eigenvalue weighted by Crippen LogP contribution is -2.36. The van der Waals surface area contributed by atoms with E-state index in [-0.39, 0.29) is 12.4 Å². The fourth-order valence-electron chi connectivity index (χ4n) is 1.73. The predicted octanol–water partition coefficient (Wildman–Crippen LogP) is -1.85. The lowest BCUT2D eigenvalue weighted by atomic mass is 10.1. The van der Waals surface area contributed by atoms with Crippen molar-refractivity contribution in [3.8, 4) is 0 Å². The first kappa shape index (κ1) is 12.4. The summed E-state index contributed by atoms with van der Waals surface area (Å²) in [6.07, 6.45) is -0.780. The topological polar surface area (TPSA) is 122 Å². The molecule has 94 valence electrons. The van der Waals surface area contributed by atoms with Crippen LogP contribution in [0.4, 0.5) is 5.82 Å². The zero-order valence-corrected chi connectivity index (χ0v) is 9.62. The average molecular weight is 259 g/mol. The molecule has 8 heteroatoms. The third kappa shape index (κ3) is 2.16. The van der Waals surface area contributed by atoms with Crippen LogP contribution in [0.3, 0.4) is 0 Å². The van der Waals surface area contributed by atoms with Crippen LogP contribution < -0.4 is 11.4 Å². The van der Waals surface area contributed by atoms with Crippen LogP contribution in [-0.2, 0) is 0 Å². The molecule has 0 bridgehead atoms. The molecule has 1 aromatic rings. The maximum absolute atomic E-state index is 11.6. The summed E-state index contributed by atoms with van der Waals surface area (Å²) in [7, 11) is 0.